The van der Waals surface area contributed by atoms with Crippen LogP contribution in [0.15, 0.2) is 42.5 Å². The van der Waals surface area contributed by atoms with E-state index < -0.39 is 0 Å². The summed E-state index contributed by atoms with van der Waals surface area (Å²) in [4.78, 5) is 0. The molecule has 0 saturated heterocycles. The first-order valence-electron chi connectivity index (χ1n) is 7.02. The molecule has 21 heavy (non-hydrogen) atoms. The van der Waals surface area contributed by atoms with Crippen LogP contribution in [0.5, 0.6) is 11.5 Å². The van der Waals surface area contributed by atoms with Gasteiger partial charge in [0, 0.05) is 6.42 Å². The van der Waals surface area contributed by atoms with E-state index in [2.05, 4.69) is 32.0 Å². The number of nitriles is 1. The smallest absolute Gasteiger partial charge is 0.119 e. The van der Waals surface area contributed by atoms with Crippen molar-refractivity contribution in [1.82, 2.24) is 0 Å². The molecule has 0 atom stereocenters. The van der Waals surface area contributed by atoms with E-state index in [4.69, 9.17) is 14.7 Å². The van der Waals surface area contributed by atoms with Gasteiger partial charge in [-0.05, 0) is 61.4 Å². The molecule has 0 N–H and O–H groups in total. The maximum atomic E-state index is 8.71. The van der Waals surface area contributed by atoms with E-state index in [1.165, 1.54) is 11.1 Å². The Hall–Kier alpha value is -2.47. The van der Waals surface area contributed by atoms with Gasteiger partial charge in [-0.15, -0.1) is 0 Å². The quantitative estimate of drug-likeness (QED) is 0.751. The largest absolute Gasteiger partial charge is 0.493 e. The number of hydrogen-bond acceptors (Lipinski definition) is 3. The van der Waals surface area contributed by atoms with E-state index in [9.17, 15) is 0 Å². The Kier molecular flexibility index (Phi) is 5.22. The lowest BCUT2D eigenvalue weighted by molar-refractivity contribution is 0.247. The number of benzene rings is 2. The summed E-state index contributed by atoms with van der Waals surface area (Å²) in [5.41, 5.74) is 3.15. The minimum atomic E-state index is 0.594. The summed E-state index contributed by atoms with van der Waals surface area (Å²) in [5, 5.41) is 8.71. The van der Waals surface area contributed by atoms with E-state index in [-0.39, 0.29) is 0 Å². The van der Waals surface area contributed by atoms with E-state index in [0.29, 0.717) is 18.8 Å². The van der Waals surface area contributed by atoms with Gasteiger partial charge in [0.05, 0.1) is 24.8 Å². The van der Waals surface area contributed by atoms with Crippen molar-refractivity contribution in [2.75, 3.05) is 13.2 Å². The molecule has 0 fully saturated rings. The van der Waals surface area contributed by atoms with Crippen molar-refractivity contribution in [2.45, 2.75) is 20.3 Å². The molecule has 0 spiro atoms. The highest BCUT2D eigenvalue weighted by Crippen LogP contribution is 2.16. The molecule has 0 radical (unpaired) electrons. The van der Waals surface area contributed by atoms with Gasteiger partial charge in [-0.25, -0.2) is 0 Å². The molecule has 3 heteroatoms. The molecule has 0 aromatic heterocycles. The zero-order valence-electron chi connectivity index (χ0n) is 12.4. The molecule has 0 aliphatic carbocycles. The number of rotatable bonds is 6. The third kappa shape index (κ3) is 4.54. The Morgan fingerprint density at radius 2 is 1.48 bits per heavy atom. The zero-order valence-corrected chi connectivity index (χ0v) is 12.4. The van der Waals surface area contributed by atoms with E-state index in [1.54, 1.807) is 12.1 Å². The fourth-order valence-corrected chi connectivity index (χ4v) is 1.87. The average molecular weight is 281 g/mol. The van der Waals surface area contributed by atoms with Crippen molar-refractivity contribution < 1.29 is 9.47 Å². The molecular formula is C18H19NO2. The molecule has 2 rings (SSSR count). The van der Waals surface area contributed by atoms with Gasteiger partial charge in [0.25, 0.3) is 0 Å². The molecule has 0 aliphatic heterocycles. The molecule has 0 aliphatic rings. The lowest BCUT2D eigenvalue weighted by Crippen LogP contribution is -2.05. The van der Waals surface area contributed by atoms with Crippen LogP contribution >= 0.6 is 0 Å². The van der Waals surface area contributed by atoms with Crippen LogP contribution in [-0.2, 0) is 0 Å². The van der Waals surface area contributed by atoms with Gasteiger partial charge in [-0.2, -0.15) is 5.26 Å². The van der Waals surface area contributed by atoms with Crippen molar-refractivity contribution in [3.63, 3.8) is 0 Å². The van der Waals surface area contributed by atoms with Crippen LogP contribution in [0.4, 0.5) is 0 Å². The SMILES string of the molecule is Cc1ccc(OCCCOc2ccc(C#N)cc2)cc1C. The molecule has 108 valence electrons. The highest BCUT2D eigenvalue weighted by atomic mass is 16.5. The van der Waals surface area contributed by atoms with Crippen LogP contribution in [0.25, 0.3) is 0 Å². The molecule has 0 heterocycles. The number of ether oxygens (including phenoxy) is 2. The van der Waals surface area contributed by atoms with Crippen LogP contribution < -0.4 is 9.47 Å². The van der Waals surface area contributed by atoms with Crippen LogP contribution in [-0.4, -0.2) is 13.2 Å². The molecule has 3 nitrogen and oxygen atoms in total. The molecule has 0 amide bonds. The summed E-state index contributed by atoms with van der Waals surface area (Å²) in [5.74, 6) is 1.68. The third-order valence-electron chi connectivity index (χ3n) is 3.29. The van der Waals surface area contributed by atoms with Gasteiger partial charge in [-0.1, -0.05) is 6.07 Å². The van der Waals surface area contributed by atoms with Crippen molar-refractivity contribution in [3.8, 4) is 17.6 Å². The van der Waals surface area contributed by atoms with Gasteiger partial charge in [-0.3, -0.25) is 0 Å². The Balaban J connectivity index is 1.69. The Labute approximate surface area is 125 Å². The molecule has 0 unspecified atom stereocenters. The second-order valence-corrected chi connectivity index (χ2v) is 4.93. The van der Waals surface area contributed by atoms with Gasteiger partial charge in [0.1, 0.15) is 11.5 Å². The third-order valence-corrected chi connectivity index (χ3v) is 3.29. The number of nitrogens with zero attached hydrogens (tertiary/aromatic N) is 1. The Morgan fingerprint density at radius 3 is 2.10 bits per heavy atom. The van der Waals surface area contributed by atoms with Crippen LogP contribution in [0, 0.1) is 25.2 Å². The lowest BCUT2D eigenvalue weighted by Gasteiger charge is -2.09. The Bertz CT molecular complexity index is 627. The first-order valence-corrected chi connectivity index (χ1v) is 7.02. The maximum absolute atomic E-state index is 8.71. The summed E-state index contributed by atoms with van der Waals surface area (Å²) in [6.45, 7) is 5.39. The zero-order chi connectivity index (χ0) is 15.1. The highest BCUT2D eigenvalue weighted by Gasteiger charge is 1.98. The Morgan fingerprint density at radius 1 is 0.857 bits per heavy atom. The van der Waals surface area contributed by atoms with E-state index in [0.717, 1.165) is 17.9 Å². The first kappa shape index (κ1) is 14.9. The van der Waals surface area contributed by atoms with Crippen molar-refractivity contribution in [3.05, 3.63) is 59.2 Å². The van der Waals surface area contributed by atoms with E-state index in [1.807, 2.05) is 18.2 Å². The highest BCUT2D eigenvalue weighted by molar-refractivity contribution is 5.35. The monoisotopic (exact) mass is 281 g/mol. The van der Waals surface area contributed by atoms with Gasteiger partial charge < -0.3 is 9.47 Å². The van der Waals surface area contributed by atoms with Crippen LogP contribution in [0.2, 0.25) is 0 Å². The second-order valence-electron chi connectivity index (χ2n) is 4.93. The first-order chi connectivity index (χ1) is 10.2. The molecule has 0 bridgehead atoms. The fraction of sp³-hybridized carbons (Fsp3) is 0.278. The van der Waals surface area contributed by atoms with Crippen LogP contribution in [0.3, 0.4) is 0 Å². The molecule has 0 saturated carbocycles. The number of aryl methyl sites for hydroxylation is 2. The van der Waals surface area contributed by atoms with Crippen molar-refractivity contribution >= 4 is 0 Å². The van der Waals surface area contributed by atoms with Gasteiger partial charge in [0.15, 0.2) is 0 Å². The minimum absolute atomic E-state index is 0.594. The molecule has 2 aromatic carbocycles. The van der Waals surface area contributed by atoms with Gasteiger partial charge in [0.2, 0.25) is 0 Å². The molecular weight excluding hydrogens is 262 g/mol. The summed E-state index contributed by atoms with van der Waals surface area (Å²) in [6.07, 6.45) is 0.812. The predicted octanol–water partition coefficient (Wildman–Crippen LogP) is 4.02. The number of hydrogen-bond donors (Lipinski definition) is 0. The summed E-state index contributed by atoms with van der Waals surface area (Å²) >= 11 is 0. The summed E-state index contributed by atoms with van der Waals surface area (Å²) < 4.78 is 11.3. The summed E-state index contributed by atoms with van der Waals surface area (Å²) in [7, 11) is 0. The standard InChI is InChI=1S/C18H19NO2/c1-14-4-7-18(12-15(14)2)21-11-3-10-20-17-8-5-16(13-19)6-9-17/h4-9,12H,3,10-11H2,1-2H3. The van der Waals surface area contributed by atoms with Crippen molar-refractivity contribution in [2.24, 2.45) is 0 Å². The second kappa shape index (κ2) is 7.35. The maximum Gasteiger partial charge on any atom is 0.119 e. The van der Waals surface area contributed by atoms with E-state index >= 15 is 0 Å². The van der Waals surface area contributed by atoms with Crippen LogP contribution in [0.1, 0.15) is 23.1 Å². The topological polar surface area (TPSA) is 42.2 Å². The fourth-order valence-electron chi connectivity index (χ4n) is 1.87. The van der Waals surface area contributed by atoms with Gasteiger partial charge >= 0.3 is 0 Å². The minimum Gasteiger partial charge on any atom is -0.493 e. The average Bonchev–Trinajstić information content (AvgIpc) is 2.51. The predicted molar refractivity (Wildman–Crippen MR) is 82.7 cm³/mol. The van der Waals surface area contributed by atoms with Crippen molar-refractivity contribution in [1.29, 1.82) is 5.26 Å². The molecule has 2 aromatic rings. The normalized spacial score (nSPS) is 9.95. The lowest BCUT2D eigenvalue weighted by atomic mass is 10.1. The summed E-state index contributed by atoms with van der Waals surface area (Å²) in [6, 6.07) is 15.3.